The Labute approximate surface area is 172 Å². The van der Waals surface area contributed by atoms with Crippen molar-refractivity contribution in [2.24, 2.45) is 0 Å². The van der Waals surface area contributed by atoms with Crippen LogP contribution in [0.5, 0.6) is 0 Å². The van der Waals surface area contributed by atoms with Gasteiger partial charge in [0, 0.05) is 29.8 Å². The topological polar surface area (TPSA) is 69.8 Å². The van der Waals surface area contributed by atoms with E-state index in [0.29, 0.717) is 6.54 Å². The van der Waals surface area contributed by atoms with E-state index in [4.69, 9.17) is 0 Å². The smallest absolute Gasteiger partial charge is 0.237 e. The van der Waals surface area contributed by atoms with Gasteiger partial charge in [0.1, 0.15) is 0 Å². The van der Waals surface area contributed by atoms with Gasteiger partial charge in [-0.25, -0.2) is 0 Å². The van der Waals surface area contributed by atoms with E-state index in [-0.39, 0.29) is 18.0 Å². The summed E-state index contributed by atoms with van der Waals surface area (Å²) in [6.45, 7) is 2.77. The summed E-state index contributed by atoms with van der Waals surface area (Å²) in [6, 6.07) is 12.4. The quantitative estimate of drug-likeness (QED) is 0.543. The zero-order chi connectivity index (χ0) is 20.1. The van der Waals surface area contributed by atoms with E-state index in [2.05, 4.69) is 51.8 Å². The van der Waals surface area contributed by atoms with Gasteiger partial charge in [-0.1, -0.05) is 37.6 Å². The number of amides is 1. The molecule has 152 valence electrons. The van der Waals surface area contributed by atoms with Crippen LogP contribution in [0.15, 0.2) is 48.8 Å². The highest BCUT2D eigenvalue weighted by atomic mass is 16.2. The maximum absolute atomic E-state index is 12.9. The number of para-hydroxylation sites is 1. The maximum Gasteiger partial charge on any atom is 0.237 e. The lowest BCUT2D eigenvalue weighted by molar-refractivity contribution is -0.123. The Hall–Kier alpha value is -2.66. The van der Waals surface area contributed by atoms with Gasteiger partial charge in [-0.15, -0.1) is 0 Å². The predicted molar refractivity (Wildman–Crippen MR) is 117 cm³/mol. The Morgan fingerprint density at radius 2 is 2.17 bits per heavy atom. The largest absolute Gasteiger partial charge is 0.361 e. The predicted octanol–water partition coefficient (Wildman–Crippen LogP) is 4.06. The van der Waals surface area contributed by atoms with Crippen molar-refractivity contribution in [3.63, 3.8) is 0 Å². The number of nitrogens with one attached hydrogen (secondary N) is 3. The first kappa shape index (κ1) is 19.6. The minimum Gasteiger partial charge on any atom is -0.361 e. The molecule has 3 N–H and O–H groups in total. The number of nitrogens with zero attached hydrogens (tertiary/aromatic N) is 1. The molecule has 1 aliphatic carbocycles. The van der Waals surface area contributed by atoms with Gasteiger partial charge in [0.25, 0.3) is 0 Å². The molecule has 3 aromatic rings. The van der Waals surface area contributed by atoms with E-state index in [9.17, 15) is 4.79 Å². The van der Waals surface area contributed by atoms with E-state index in [1.54, 1.807) is 0 Å². The molecule has 2 atom stereocenters. The van der Waals surface area contributed by atoms with E-state index < -0.39 is 0 Å². The minimum absolute atomic E-state index is 0.0924. The maximum atomic E-state index is 12.9. The molecule has 5 nitrogen and oxygen atoms in total. The number of aromatic nitrogens is 2. The van der Waals surface area contributed by atoms with Crippen molar-refractivity contribution in [2.75, 3.05) is 6.54 Å². The lowest BCUT2D eigenvalue weighted by Crippen LogP contribution is -2.46. The van der Waals surface area contributed by atoms with Gasteiger partial charge in [0.15, 0.2) is 0 Å². The van der Waals surface area contributed by atoms with Gasteiger partial charge in [-0.05, 0) is 55.4 Å². The summed E-state index contributed by atoms with van der Waals surface area (Å²) < 4.78 is 0. The van der Waals surface area contributed by atoms with Crippen LogP contribution in [0.3, 0.4) is 0 Å². The van der Waals surface area contributed by atoms with Gasteiger partial charge >= 0.3 is 0 Å². The number of rotatable bonds is 8. The molecule has 5 heteroatoms. The SMILES string of the molecule is CCCC(NC1CCCc2cccnc21)C(=O)NCCc1c[nH]c2ccccc12. The van der Waals surface area contributed by atoms with Crippen LogP contribution in [0.25, 0.3) is 10.9 Å². The standard InChI is InChI=1S/C24H30N4O/c1-2-7-22(28-21-12-5-8-17-9-6-14-25-23(17)21)24(29)26-15-13-18-16-27-20-11-4-3-10-19(18)20/h3-4,6,9-11,14,16,21-22,27-28H,2,5,7-8,12-13,15H2,1H3,(H,26,29). The van der Waals surface area contributed by atoms with Gasteiger partial charge in [-0.2, -0.15) is 0 Å². The van der Waals surface area contributed by atoms with Gasteiger partial charge in [-0.3, -0.25) is 15.1 Å². The van der Waals surface area contributed by atoms with Crippen molar-refractivity contribution >= 4 is 16.8 Å². The van der Waals surface area contributed by atoms with Gasteiger partial charge in [0.2, 0.25) is 5.91 Å². The fourth-order valence-electron chi connectivity index (χ4n) is 4.38. The first-order chi connectivity index (χ1) is 14.3. The summed E-state index contributed by atoms with van der Waals surface area (Å²) in [5, 5.41) is 7.99. The van der Waals surface area contributed by atoms with Crippen LogP contribution < -0.4 is 10.6 Å². The zero-order valence-corrected chi connectivity index (χ0v) is 17.1. The van der Waals surface area contributed by atoms with Crippen LogP contribution in [0.2, 0.25) is 0 Å². The van der Waals surface area contributed by atoms with Gasteiger partial charge < -0.3 is 10.3 Å². The van der Waals surface area contributed by atoms with Crippen molar-refractivity contribution in [1.82, 2.24) is 20.6 Å². The van der Waals surface area contributed by atoms with Crippen molar-refractivity contribution in [1.29, 1.82) is 0 Å². The van der Waals surface area contributed by atoms with Crippen molar-refractivity contribution in [2.45, 2.75) is 57.5 Å². The van der Waals surface area contributed by atoms with Crippen LogP contribution in [0.1, 0.15) is 55.5 Å². The molecule has 0 saturated heterocycles. The fourth-order valence-corrected chi connectivity index (χ4v) is 4.38. The lowest BCUT2D eigenvalue weighted by Gasteiger charge is -2.29. The molecule has 0 aliphatic heterocycles. The zero-order valence-electron chi connectivity index (χ0n) is 17.1. The number of aromatic amines is 1. The van der Waals surface area contributed by atoms with Crippen molar-refractivity contribution in [3.8, 4) is 0 Å². The Kier molecular flexibility index (Phi) is 6.25. The Morgan fingerprint density at radius 3 is 3.07 bits per heavy atom. The van der Waals surface area contributed by atoms with Crippen LogP contribution in [0, 0.1) is 0 Å². The summed E-state index contributed by atoms with van der Waals surface area (Å²) in [6.07, 6.45) is 9.77. The Balaban J connectivity index is 1.36. The van der Waals surface area contributed by atoms with E-state index in [1.807, 2.05) is 24.5 Å². The second kappa shape index (κ2) is 9.23. The molecule has 2 unspecified atom stereocenters. The number of carbonyl (C=O) groups excluding carboxylic acids is 1. The summed E-state index contributed by atoms with van der Waals surface area (Å²) in [4.78, 5) is 20.8. The third kappa shape index (κ3) is 4.51. The molecule has 0 saturated carbocycles. The van der Waals surface area contributed by atoms with Crippen molar-refractivity contribution in [3.05, 3.63) is 65.6 Å². The summed E-state index contributed by atoms with van der Waals surface area (Å²) in [7, 11) is 0. The van der Waals surface area contributed by atoms with Crippen molar-refractivity contribution < 1.29 is 4.79 Å². The molecule has 1 aromatic carbocycles. The van der Waals surface area contributed by atoms with Crippen LogP contribution in [-0.2, 0) is 17.6 Å². The Bertz CT molecular complexity index is 964. The second-order valence-electron chi connectivity index (χ2n) is 7.90. The monoisotopic (exact) mass is 390 g/mol. The highest BCUT2D eigenvalue weighted by Crippen LogP contribution is 2.28. The van der Waals surface area contributed by atoms with Gasteiger partial charge in [0.05, 0.1) is 17.8 Å². The third-order valence-corrected chi connectivity index (χ3v) is 5.86. The van der Waals surface area contributed by atoms with Crippen LogP contribution >= 0.6 is 0 Å². The molecule has 1 aliphatic rings. The molecule has 0 spiro atoms. The highest BCUT2D eigenvalue weighted by Gasteiger charge is 2.26. The molecule has 29 heavy (non-hydrogen) atoms. The molecule has 2 heterocycles. The number of hydrogen-bond acceptors (Lipinski definition) is 3. The van der Waals surface area contributed by atoms with E-state index in [0.717, 1.165) is 49.7 Å². The average molecular weight is 391 g/mol. The third-order valence-electron chi connectivity index (χ3n) is 5.86. The first-order valence-corrected chi connectivity index (χ1v) is 10.8. The average Bonchev–Trinajstić information content (AvgIpc) is 3.17. The molecular formula is C24H30N4O. The number of fused-ring (bicyclic) bond motifs is 2. The number of H-pyrrole nitrogens is 1. The molecule has 0 bridgehead atoms. The summed E-state index contributed by atoms with van der Waals surface area (Å²) in [5.74, 6) is 0.0924. The van der Waals surface area contributed by atoms with E-state index in [1.165, 1.54) is 16.5 Å². The fraction of sp³-hybridized carbons (Fsp3) is 0.417. The number of pyridine rings is 1. The van der Waals surface area contributed by atoms with Crippen LogP contribution in [0.4, 0.5) is 0 Å². The summed E-state index contributed by atoms with van der Waals surface area (Å²) in [5.41, 5.74) is 4.81. The number of carbonyl (C=O) groups is 1. The number of benzene rings is 1. The Morgan fingerprint density at radius 1 is 1.28 bits per heavy atom. The first-order valence-electron chi connectivity index (χ1n) is 10.8. The number of hydrogen-bond donors (Lipinski definition) is 3. The minimum atomic E-state index is -0.180. The molecular weight excluding hydrogens is 360 g/mol. The summed E-state index contributed by atoms with van der Waals surface area (Å²) >= 11 is 0. The highest BCUT2D eigenvalue weighted by molar-refractivity contribution is 5.83. The normalized spacial score (nSPS) is 17.1. The molecule has 2 aromatic heterocycles. The lowest BCUT2D eigenvalue weighted by atomic mass is 9.91. The van der Waals surface area contributed by atoms with E-state index >= 15 is 0 Å². The second-order valence-corrected chi connectivity index (χ2v) is 7.90. The van der Waals surface area contributed by atoms with Crippen LogP contribution in [-0.4, -0.2) is 28.5 Å². The number of aryl methyl sites for hydroxylation is 1. The molecule has 0 radical (unpaired) electrons. The molecule has 0 fully saturated rings. The molecule has 1 amide bonds. The molecule has 4 rings (SSSR count).